The van der Waals surface area contributed by atoms with Crippen LogP contribution in [0.15, 0.2) is 102 Å². The summed E-state index contributed by atoms with van der Waals surface area (Å²) in [7, 11) is 0. The highest BCUT2D eigenvalue weighted by atomic mass is 19.1. The zero-order valence-corrected chi connectivity index (χ0v) is 18.6. The normalized spacial score (nSPS) is 10.2. The van der Waals surface area contributed by atoms with Crippen molar-refractivity contribution in [3.63, 3.8) is 0 Å². The number of halogens is 1. The zero-order chi connectivity index (χ0) is 24.5. The van der Waals surface area contributed by atoms with E-state index in [1.165, 1.54) is 6.07 Å². The molecule has 35 heavy (non-hydrogen) atoms. The number of para-hydroxylation sites is 2. The molecule has 0 radical (unpaired) electrons. The molecule has 1 N–H and O–H groups in total. The van der Waals surface area contributed by atoms with E-state index < -0.39 is 11.8 Å². The number of carbonyl (C=O) groups excluding carboxylic acids is 1. The van der Waals surface area contributed by atoms with E-state index >= 15 is 0 Å². The lowest BCUT2D eigenvalue weighted by Gasteiger charge is -2.17. The van der Waals surface area contributed by atoms with Crippen LogP contribution in [-0.2, 0) is 18.0 Å². The Morgan fingerprint density at radius 2 is 1.57 bits per heavy atom. The molecule has 4 rings (SSSR count). The number of azide groups is 1. The summed E-state index contributed by atoms with van der Waals surface area (Å²) in [4.78, 5) is 15.8. The maximum absolute atomic E-state index is 14.4. The number of nitrogens with one attached hydrogen (secondary N) is 1. The molecular weight excluding hydrogens is 447 g/mol. The van der Waals surface area contributed by atoms with Crippen molar-refractivity contribution >= 4 is 23.0 Å². The van der Waals surface area contributed by atoms with E-state index in [0.29, 0.717) is 17.1 Å². The number of carbonyl (C=O) groups is 1. The highest BCUT2D eigenvalue weighted by Gasteiger charge is 2.19. The molecule has 174 valence electrons. The molecule has 0 spiro atoms. The molecule has 0 aliphatic carbocycles. The van der Waals surface area contributed by atoms with Crippen molar-refractivity contribution in [2.24, 2.45) is 5.11 Å². The Labute approximate surface area is 201 Å². The van der Waals surface area contributed by atoms with Crippen molar-refractivity contribution in [1.82, 2.24) is 0 Å². The monoisotopic (exact) mass is 468 g/mol. The van der Waals surface area contributed by atoms with Crippen LogP contribution in [0.1, 0.15) is 21.5 Å². The number of hydrogen-bond acceptors (Lipinski definition) is 5. The lowest BCUT2D eigenvalue weighted by Crippen LogP contribution is -2.10. The fraction of sp³-hybridized carbons (Fsp3) is 0.0741. The van der Waals surface area contributed by atoms with Crippen LogP contribution in [-0.4, -0.2) is 5.97 Å². The van der Waals surface area contributed by atoms with Crippen LogP contribution in [0.4, 0.5) is 21.5 Å². The number of benzene rings is 4. The van der Waals surface area contributed by atoms with E-state index in [0.717, 1.165) is 11.1 Å². The van der Waals surface area contributed by atoms with Crippen molar-refractivity contribution in [3.05, 3.63) is 130 Å². The van der Waals surface area contributed by atoms with Gasteiger partial charge in [-0.1, -0.05) is 77.9 Å². The summed E-state index contributed by atoms with van der Waals surface area (Å²) >= 11 is 0. The first-order valence-corrected chi connectivity index (χ1v) is 10.8. The molecule has 0 aliphatic heterocycles. The zero-order valence-electron chi connectivity index (χ0n) is 18.6. The van der Waals surface area contributed by atoms with E-state index in [1.54, 1.807) is 60.7 Å². The van der Waals surface area contributed by atoms with E-state index in [2.05, 4.69) is 15.3 Å². The van der Waals surface area contributed by atoms with Gasteiger partial charge in [0.15, 0.2) is 0 Å². The van der Waals surface area contributed by atoms with Crippen LogP contribution in [0.2, 0.25) is 0 Å². The average Bonchev–Trinajstić information content (AvgIpc) is 2.89. The van der Waals surface area contributed by atoms with E-state index in [4.69, 9.17) is 15.0 Å². The minimum atomic E-state index is -0.604. The fourth-order valence-electron chi connectivity index (χ4n) is 3.32. The van der Waals surface area contributed by atoms with Gasteiger partial charge in [-0.25, -0.2) is 9.18 Å². The van der Waals surface area contributed by atoms with Gasteiger partial charge in [0.25, 0.3) is 0 Å². The van der Waals surface area contributed by atoms with E-state index in [1.807, 2.05) is 30.3 Å². The van der Waals surface area contributed by atoms with Gasteiger partial charge in [0.2, 0.25) is 0 Å². The largest absolute Gasteiger partial charge is 0.487 e. The van der Waals surface area contributed by atoms with Gasteiger partial charge in [0, 0.05) is 10.6 Å². The topological polar surface area (TPSA) is 96.3 Å². The Morgan fingerprint density at radius 3 is 2.31 bits per heavy atom. The van der Waals surface area contributed by atoms with Crippen molar-refractivity contribution in [2.45, 2.75) is 13.2 Å². The molecule has 0 unspecified atom stereocenters. The Bertz CT molecular complexity index is 1350. The maximum Gasteiger partial charge on any atom is 0.340 e. The summed E-state index contributed by atoms with van der Waals surface area (Å²) in [6.45, 7) is 0.270. The summed E-state index contributed by atoms with van der Waals surface area (Å²) in [5.74, 6) is -0.691. The van der Waals surface area contributed by atoms with Crippen LogP contribution in [0.5, 0.6) is 5.75 Å². The van der Waals surface area contributed by atoms with Crippen LogP contribution in [0, 0.1) is 5.82 Å². The highest BCUT2D eigenvalue weighted by Crippen LogP contribution is 2.34. The Balaban J connectivity index is 1.58. The molecule has 0 fully saturated rings. The Hall–Kier alpha value is -4.81. The average molecular weight is 468 g/mol. The maximum atomic E-state index is 14.4. The third-order valence-electron chi connectivity index (χ3n) is 5.08. The van der Waals surface area contributed by atoms with Crippen molar-refractivity contribution < 1.29 is 18.7 Å². The second kappa shape index (κ2) is 11.4. The minimum absolute atomic E-state index is 0.00359. The number of ether oxygens (including phenoxy) is 2. The second-order valence-electron chi connectivity index (χ2n) is 7.49. The molecule has 0 saturated carbocycles. The molecule has 0 heterocycles. The highest BCUT2D eigenvalue weighted by molar-refractivity contribution is 5.98. The first-order valence-electron chi connectivity index (χ1n) is 10.8. The number of rotatable bonds is 9. The van der Waals surface area contributed by atoms with Gasteiger partial charge >= 0.3 is 5.97 Å². The van der Waals surface area contributed by atoms with Crippen LogP contribution >= 0.6 is 0 Å². The molecule has 0 saturated heterocycles. The summed E-state index contributed by atoms with van der Waals surface area (Å²) in [6, 6.07) is 27.4. The van der Waals surface area contributed by atoms with Crippen LogP contribution in [0.25, 0.3) is 10.4 Å². The lowest BCUT2D eigenvalue weighted by atomic mass is 10.1. The van der Waals surface area contributed by atoms with Gasteiger partial charge in [-0.15, -0.1) is 0 Å². The van der Waals surface area contributed by atoms with Gasteiger partial charge in [-0.05, 0) is 40.9 Å². The van der Waals surface area contributed by atoms with Crippen molar-refractivity contribution in [3.8, 4) is 5.75 Å². The summed E-state index contributed by atoms with van der Waals surface area (Å²) in [5.41, 5.74) is 11.3. The predicted octanol–water partition coefficient (Wildman–Crippen LogP) is 7.45. The molecule has 7 nitrogen and oxygen atoms in total. The quantitative estimate of drug-likeness (QED) is 0.119. The van der Waals surface area contributed by atoms with Gasteiger partial charge < -0.3 is 14.8 Å². The molecule has 0 aliphatic rings. The Morgan fingerprint density at radius 1 is 0.857 bits per heavy atom. The third-order valence-corrected chi connectivity index (χ3v) is 5.08. The van der Waals surface area contributed by atoms with Crippen molar-refractivity contribution in [1.29, 1.82) is 0 Å². The molecule has 0 atom stereocenters. The van der Waals surface area contributed by atoms with Crippen molar-refractivity contribution in [2.75, 3.05) is 5.32 Å². The summed E-state index contributed by atoms with van der Waals surface area (Å²) in [6.07, 6.45) is 0. The van der Waals surface area contributed by atoms with Gasteiger partial charge in [-0.2, -0.15) is 0 Å². The van der Waals surface area contributed by atoms with Crippen LogP contribution in [0.3, 0.4) is 0 Å². The number of hydrogen-bond donors (Lipinski definition) is 1. The Kier molecular flexibility index (Phi) is 7.58. The van der Waals surface area contributed by atoms with E-state index in [9.17, 15) is 9.18 Å². The number of nitrogens with zero attached hydrogens (tertiary/aromatic N) is 3. The lowest BCUT2D eigenvalue weighted by molar-refractivity contribution is 0.0473. The van der Waals surface area contributed by atoms with E-state index in [-0.39, 0.29) is 24.5 Å². The molecule has 4 aromatic rings. The van der Waals surface area contributed by atoms with Crippen LogP contribution < -0.4 is 10.1 Å². The predicted molar refractivity (Wildman–Crippen MR) is 131 cm³/mol. The van der Waals surface area contributed by atoms with Gasteiger partial charge in [-0.3, -0.25) is 0 Å². The number of esters is 1. The molecule has 0 aromatic heterocycles. The fourth-order valence-corrected chi connectivity index (χ4v) is 3.32. The molecule has 8 heteroatoms. The molecule has 0 amide bonds. The second-order valence-corrected chi connectivity index (χ2v) is 7.49. The minimum Gasteiger partial charge on any atom is -0.487 e. The molecular formula is C27H21FN4O3. The molecule has 0 bridgehead atoms. The molecule has 4 aromatic carbocycles. The number of anilines is 2. The first kappa shape index (κ1) is 23.4. The first-order chi connectivity index (χ1) is 17.1. The standard InChI is InChI=1S/C27H21FN4O3/c28-23-10-4-5-11-24(23)30-26-22(9-6-12-25(26)34-17-19-7-2-1-3-8-19)27(33)35-18-20-13-15-21(16-14-20)31-32-29/h1-16,30H,17-18H2. The summed E-state index contributed by atoms with van der Waals surface area (Å²) in [5, 5.41) is 6.52. The SMILES string of the molecule is [N-]=[N+]=Nc1ccc(COC(=O)c2cccc(OCc3ccccc3)c2Nc2ccccc2F)cc1. The van der Waals surface area contributed by atoms with Gasteiger partial charge in [0.1, 0.15) is 24.8 Å². The third kappa shape index (κ3) is 6.16. The summed E-state index contributed by atoms with van der Waals surface area (Å²) < 4.78 is 25.9. The van der Waals surface area contributed by atoms with Gasteiger partial charge in [0.05, 0.1) is 16.9 Å². The smallest absolute Gasteiger partial charge is 0.340 e.